The van der Waals surface area contributed by atoms with Crippen LogP contribution in [0.25, 0.3) is 0 Å². The van der Waals surface area contributed by atoms with Crippen LogP contribution in [0.5, 0.6) is 0 Å². The second-order valence-electron chi connectivity index (χ2n) is 1.78. The number of rotatable bonds is 1. The van der Waals surface area contributed by atoms with Gasteiger partial charge in [0.1, 0.15) is 5.38 Å². The molecule has 0 spiro atoms. The van der Waals surface area contributed by atoms with Gasteiger partial charge >= 0.3 is 0 Å². The fourth-order valence-electron chi connectivity index (χ4n) is 0.473. The van der Waals surface area contributed by atoms with Crippen molar-refractivity contribution >= 4 is 11.6 Å². The summed E-state index contributed by atoms with van der Waals surface area (Å²) in [4.78, 5) is 0. The molecule has 0 aliphatic heterocycles. The molecule has 50 valence electrons. The lowest BCUT2D eigenvalue weighted by molar-refractivity contribution is 0.468. The van der Waals surface area contributed by atoms with Crippen molar-refractivity contribution in [3.05, 3.63) is 11.8 Å². The van der Waals surface area contributed by atoms with E-state index in [0.29, 0.717) is 11.8 Å². The zero-order valence-corrected chi connectivity index (χ0v) is 6.01. The van der Waals surface area contributed by atoms with Crippen LogP contribution >= 0.6 is 11.6 Å². The Balaban J connectivity index is 2.85. The summed E-state index contributed by atoms with van der Waals surface area (Å²) in [6.45, 7) is 3.52. The Morgan fingerprint density at radius 2 is 2.22 bits per heavy atom. The molecule has 0 radical (unpaired) electrons. The van der Waals surface area contributed by atoms with E-state index >= 15 is 0 Å². The highest BCUT2D eigenvalue weighted by molar-refractivity contribution is 6.20. The average Bonchev–Trinajstić information content (AvgIpc) is 2.14. The molecule has 0 amide bonds. The van der Waals surface area contributed by atoms with Crippen molar-refractivity contribution in [1.29, 1.82) is 0 Å². The van der Waals surface area contributed by atoms with E-state index in [0.717, 1.165) is 0 Å². The van der Waals surface area contributed by atoms with Gasteiger partial charge in [0.2, 0.25) is 11.8 Å². The third-order valence-corrected chi connectivity index (χ3v) is 1.07. The second kappa shape index (κ2) is 2.35. The quantitative estimate of drug-likeness (QED) is 0.566. The molecule has 0 fully saturated rings. The smallest absolute Gasteiger partial charge is 0.234 e. The summed E-state index contributed by atoms with van der Waals surface area (Å²) >= 11 is 5.62. The molecule has 3 nitrogen and oxygen atoms in total. The predicted molar refractivity (Wildman–Crippen MR) is 33.3 cm³/mol. The van der Waals surface area contributed by atoms with Crippen molar-refractivity contribution in [2.45, 2.75) is 19.2 Å². The Morgan fingerprint density at radius 1 is 1.56 bits per heavy atom. The molecule has 0 N–H and O–H groups in total. The van der Waals surface area contributed by atoms with Crippen molar-refractivity contribution in [1.82, 2.24) is 10.2 Å². The Hall–Kier alpha value is -0.570. The molecule has 9 heavy (non-hydrogen) atoms. The number of aromatic nitrogens is 2. The molecule has 0 saturated heterocycles. The number of hydrogen-bond donors (Lipinski definition) is 0. The molecule has 0 aliphatic carbocycles. The minimum atomic E-state index is -0.189. The minimum absolute atomic E-state index is 0.189. The Kier molecular flexibility index (Phi) is 1.71. The number of halogens is 1. The van der Waals surface area contributed by atoms with Crippen molar-refractivity contribution in [2.24, 2.45) is 0 Å². The number of alkyl halides is 1. The van der Waals surface area contributed by atoms with Crippen LogP contribution in [0.3, 0.4) is 0 Å². The summed E-state index contributed by atoms with van der Waals surface area (Å²) in [5.74, 6) is 1.03. The third-order valence-electron chi connectivity index (χ3n) is 0.882. The summed E-state index contributed by atoms with van der Waals surface area (Å²) in [7, 11) is 0. The largest absolute Gasteiger partial charge is 0.424 e. The van der Waals surface area contributed by atoms with E-state index in [2.05, 4.69) is 10.2 Å². The standard InChI is InChI=1S/C5H7ClN2O/c1-3(6)5-8-7-4(2)9-5/h3H,1-2H3/t3-/m0/s1. The zero-order chi connectivity index (χ0) is 6.85. The van der Waals surface area contributed by atoms with E-state index in [1.165, 1.54) is 0 Å². The van der Waals surface area contributed by atoms with Gasteiger partial charge in [-0.1, -0.05) is 0 Å². The van der Waals surface area contributed by atoms with Gasteiger partial charge in [-0.25, -0.2) is 0 Å². The fraction of sp³-hybridized carbons (Fsp3) is 0.600. The highest BCUT2D eigenvalue weighted by Gasteiger charge is 2.07. The van der Waals surface area contributed by atoms with E-state index < -0.39 is 0 Å². The second-order valence-corrected chi connectivity index (χ2v) is 2.43. The molecule has 0 saturated carbocycles. The van der Waals surface area contributed by atoms with Gasteiger partial charge < -0.3 is 4.42 Å². The molecule has 1 rings (SSSR count). The molecular formula is C5H7ClN2O. The minimum Gasteiger partial charge on any atom is -0.424 e. The maximum absolute atomic E-state index is 5.62. The molecule has 0 bridgehead atoms. The first-order valence-corrected chi connectivity index (χ1v) is 3.08. The SMILES string of the molecule is Cc1nnc([C@H](C)Cl)o1. The summed E-state index contributed by atoms with van der Waals surface area (Å²) < 4.78 is 4.99. The molecule has 4 heteroatoms. The normalized spacial score (nSPS) is 13.7. The average molecular weight is 147 g/mol. The van der Waals surface area contributed by atoms with Crippen LogP contribution in [0.15, 0.2) is 4.42 Å². The highest BCUT2D eigenvalue weighted by Crippen LogP contribution is 2.16. The van der Waals surface area contributed by atoms with Crippen molar-refractivity contribution in [3.8, 4) is 0 Å². The molecular weight excluding hydrogens is 140 g/mol. The van der Waals surface area contributed by atoms with Gasteiger partial charge in [0.15, 0.2) is 0 Å². The fourth-order valence-corrected chi connectivity index (χ4v) is 0.561. The van der Waals surface area contributed by atoms with Crippen molar-refractivity contribution in [3.63, 3.8) is 0 Å². The van der Waals surface area contributed by atoms with E-state index in [-0.39, 0.29) is 5.38 Å². The predicted octanol–water partition coefficient (Wildman–Crippen LogP) is 1.68. The number of aryl methyl sites for hydroxylation is 1. The highest BCUT2D eigenvalue weighted by atomic mass is 35.5. The number of nitrogens with zero attached hydrogens (tertiary/aromatic N) is 2. The molecule has 0 aromatic carbocycles. The van der Waals surface area contributed by atoms with Crippen LogP contribution in [-0.4, -0.2) is 10.2 Å². The summed E-state index contributed by atoms with van der Waals surface area (Å²) in [5.41, 5.74) is 0. The van der Waals surface area contributed by atoms with Crippen LogP contribution < -0.4 is 0 Å². The van der Waals surface area contributed by atoms with Gasteiger partial charge in [-0.3, -0.25) is 0 Å². The van der Waals surface area contributed by atoms with E-state index in [4.69, 9.17) is 16.0 Å². The third kappa shape index (κ3) is 1.42. The lowest BCUT2D eigenvalue weighted by Gasteiger charge is -1.89. The van der Waals surface area contributed by atoms with Gasteiger partial charge in [-0.15, -0.1) is 21.8 Å². The van der Waals surface area contributed by atoms with Gasteiger partial charge in [-0.05, 0) is 6.92 Å². The van der Waals surface area contributed by atoms with Gasteiger partial charge in [-0.2, -0.15) is 0 Å². The van der Waals surface area contributed by atoms with Crippen molar-refractivity contribution in [2.75, 3.05) is 0 Å². The maximum Gasteiger partial charge on any atom is 0.234 e. The van der Waals surface area contributed by atoms with Gasteiger partial charge in [0.05, 0.1) is 0 Å². The van der Waals surface area contributed by atoms with E-state index in [9.17, 15) is 0 Å². The lowest BCUT2D eigenvalue weighted by Crippen LogP contribution is -1.81. The van der Waals surface area contributed by atoms with E-state index in [1.807, 2.05) is 0 Å². The Morgan fingerprint density at radius 3 is 2.44 bits per heavy atom. The molecule has 1 atom stereocenters. The Bertz CT molecular complexity index is 197. The summed E-state index contributed by atoms with van der Waals surface area (Å²) in [5, 5.41) is 7.11. The first-order chi connectivity index (χ1) is 4.20. The van der Waals surface area contributed by atoms with Gasteiger partial charge in [0.25, 0.3) is 0 Å². The summed E-state index contributed by atoms with van der Waals surface area (Å²) in [6.07, 6.45) is 0. The monoisotopic (exact) mass is 146 g/mol. The van der Waals surface area contributed by atoms with E-state index in [1.54, 1.807) is 13.8 Å². The first-order valence-electron chi connectivity index (χ1n) is 2.64. The number of hydrogen-bond acceptors (Lipinski definition) is 3. The molecule has 0 unspecified atom stereocenters. The van der Waals surface area contributed by atoms with Crippen molar-refractivity contribution < 1.29 is 4.42 Å². The van der Waals surface area contributed by atoms with Crippen LogP contribution in [0.2, 0.25) is 0 Å². The van der Waals surface area contributed by atoms with Crippen LogP contribution in [0, 0.1) is 6.92 Å². The van der Waals surface area contributed by atoms with Crippen LogP contribution in [-0.2, 0) is 0 Å². The lowest BCUT2D eigenvalue weighted by atomic mass is 10.5. The van der Waals surface area contributed by atoms with Gasteiger partial charge in [0, 0.05) is 6.92 Å². The molecule has 1 aromatic rings. The van der Waals surface area contributed by atoms with Crippen LogP contribution in [0.4, 0.5) is 0 Å². The maximum atomic E-state index is 5.62. The van der Waals surface area contributed by atoms with Crippen LogP contribution in [0.1, 0.15) is 24.1 Å². The Labute approximate surface area is 58.0 Å². The zero-order valence-electron chi connectivity index (χ0n) is 5.26. The first kappa shape index (κ1) is 6.55. The topological polar surface area (TPSA) is 38.9 Å². The molecule has 1 aromatic heterocycles. The molecule has 0 aliphatic rings. The summed E-state index contributed by atoms with van der Waals surface area (Å²) in [6, 6.07) is 0. The molecule has 1 heterocycles.